The number of hydrogen-bond donors (Lipinski definition) is 1. The number of benzene rings is 2. The first-order chi connectivity index (χ1) is 9.81. The summed E-state index contributed by atoms with van der Waals surface area (Å²) in [5.41, 5.74) is 1.91. The lowest BCUT2D eigenvalue weighted by atomic mass is 9.97. The summed E-state index contributed by atoms with van der Waals surface area (Å²) < 4.78 is 0. The van der Waals surface area contributed by atoms with Gasteiger partial charge in [0.05, 0.1) is 11.6 Å². The van der Waals surface area contributed by atoms with E-state index >= 15 is 0 Å². The third kappa shape index (κ3) is 2.35. The van der Waals surface area contributed by atoms with Crippen molar-refractivity contribution in [1.29, 1.82) is 5.26 Å². The van der Waals surface area contributed by atoms with Crippen molar-refractivity contribution in [1.82, 2.24) is 0 Å². The maximum atomic E-state index is 9.21. The number of nitriles is 1. The Morgan fingerprint density at radius 1 is 1.20 bits per heavy atom. The fraction of sp³-hybridized carbons (Fsp3) is 0.353. The molecule has 0 atom stereocenters. The first kappa shape index (κ1) is 13.0. The molecule has 1 fully saturated rings. The summed E-state index contributed by atoms with van der Waals surface area (Å²) in [6, 6.07) is 14.4. The zero-order valence-electron chi connectivity index (χ0n) is 11.4. The molecule has 0 spiro atoms. The number of piperidine rings is 1. The van der Waals surface area contributed by atoms with Crippen molar-refractivity contribution in [2.24, 2.45) is 5.92 Å². The van der Waals surface area contributed by atoms with Crippen molar-refractivity contribution in [3.05, 3.63) is 42.0 Å². The average Bonchev–Trinajstić information content (AvgIpc) is 2.54. The number of rotatable bonds is 2. The van der Waals surface area contributed by atoms with E-state index in [2.05, 4.69) is 29.2 Å². The monoisotopic (exact) mass is 266 g/mol. The predicted molar refractivity (Wildman–Crippen MR) is 80.7 cm³/mol. The van der Waals surface area contributed by atoms with Crippen LogP contribution in [0, 0.1) is 17.2 Å². The second-order valence-corrected chi connectivity index (χ2v) is 5.44. The number of fused-ring (bicyclic) bond motifs is 1. The van der Waals surface area contributed by atoms with Gasteiger partial charge in [-0.25, -0.2) is 0 Å². The summed E-state index contributed by atoms with van der Waals surface area (Å²) in [5.74, 6) is 0.446. The van der Waals surface area contributed by atoms with E-state index in [1.54, 1.807) is 0 Å². The first-order valence-corrected chi connectivity index (χ1v) is 7.10. The molecule has 1 saturated heterocycles. The minimum absolute atomic E-state index is 0.296. The molecule has 102 valence electrons. The molecule has 1 aliphatic heterocycles. The van der Waals surface area contributed by atoms with Gasteiger partial charge in [-0.3, -0.25) is 0 Å². The molecule has 0 bridgehead atoms. The quantitative estimate of drug-likeness (QED) is 0.909. The Bertz CT molecular complexity index is 652. The van der Waals surface area contributed by atoms with Gasteiger partial charge in [0.25, 0.3) is 0 Å². The van der Waals surface area contributed by atoms with E-state index < -0.39 is 0 Å². The molecule has 0 unspecified atom stereocenters. The maximum absolute atomic E-state index is 9.21. The maximum Gasteiger partial charge on any atom is 0.0998 e. The second-order valence-electron chi connectivity index (χ2n) is 5.44. The van der Waals surface area contributed by atoms with Crippen molar-refractivity contribution >= 4 is 16.5 Å². The van der Waals surface area contributed by atoms with Gasteiger partial charge in [0.1, 0.15) is 0 Å². The molecule has 1 N–H and O–H groups in total. The standard InChI is InChI=1S/C17H18N2O/c18-11-15-3-1-2-14-4-5-16(10-17(14)15)19-8-6-13(12-20)7-9-19/h1-5,10,13,20H,6-9,12H2. The van der Waals surface area contributed by atoms with Crippen LogP contribution in [0.5, 0.6) is 0 Å². The van der Waals surface area contributed by atoms with E-state index in [0.717, 1.165) is 42.3 Å². The first-order valence-electron chi connectivity index (χ1n) is 7.10. The second kappa shape index (κ2) is 5.52. The molecule has 3 rings (SSSR count). The van der Waals surface area contributed by atoms with Gasteiger partial charge < -0.3 is 10.0 Å². The van der Waals surface area contributed by atoms with E-state index in [0.29, 0.717) is 12.5 Å². The van der Waals surface area contributed by atoms with E-state index in [9.17, 15) is 10.4 Å². The largest absolute Gasteiger partial charge is 0.396 e. The molecule has 3 heteroatoms. The fourth-order valence-corrected chi connectivity index (χ4v) is 2.93. The van der Waals surface area contributed by atoms with Gasteiger partial charge in [-0.1, -0.05) is 18.2 Å². The molecular weight excluding hydrogens is 248 g/mol. The highest BCUT2D eigenvalue weighted by Crippen LogP contribution is 2.28. The Hall–Kier alpha value is -2.05. The van der Waals surface area contributed by atoms with Crippen molar-refractivity contribution in [3.63, 3.8) is 0 Å². The lowest BCUT2D eigenvalue weighted by molar-refractivity contribution is 0.203. The van der Waals surface area contributed by atoms with Crippen LogP contribution in [0.1, 0.15) is 18.4 Å². The Balaban J connectivity index is 1.92. The molecule has 1 heterocycles. The van der Waals surface area contributed by atoms with Crippen LogP contribution >= 0.6 is 0 Å². The SMILES string of the molecule is N#Cc1cccc2ccc(N3CCC(CO)CC3)cc12. The Morgan fingerprint density at radius 3 is 2.70 bits per heavy atom. The lowest BCUT2D eigenvalue weighted by Crippen LogP contribution is -2.34. The van der Waals surface area contributed by atoms with Crippen molar-refractivity contribution in [2.45, 2.75) is 12.8 Å². The van der Waals surface area contributed by atoms with Crippen molar-refractivity contribution in [2.75, 3.05) is 24.6 Å². The molecule has 0 amide bonds. The van der Waals surface area contributed by atoms with Gasteiger partial charge in [-0.05, 0) is 42.3 Å². The number of aliphatic hydroxyl groups excluding tert-OH is 1. The Labute approximate surface area is 119 Å². The highest BCUT2D eigenvalue weighted by atomic mass is 16.3. The van der Waals surface area contributed by atoms with Crippen LogP contribution in [-0.4, -0.2) is 24.8 Å². The minimum atomic E-state index is 0.296. The molecule has 20 heavy (non-hydrogen) atoms. The highest BCUT2D eigenvalue weighted by Gasteiger charge is 2.18. The highest BCUT2D eigenvalue weighted by molar-refractivity contribution is 5.90. The summed E-state index contributed by atoms with van der Waals surface area (Å²) >= 11 is 0. The molecule has 1 aliphatic rings. The van der Waals surface area contributed by atoms with Crippen LogP contribution in [0.2, 0.25) is 0 Å². The minimum Gasteiger partial charge on any atom is -0.396 e. The summed E-state index contributed by atoms with van der Waals surface area (Å²) in [5, 5.41) is 20.5. The topological polar surface area (TPSA) is 47.3 Å². The molecule has 3 nitrogen and oxygen atoms in total. The van der Waals surface area contributed by atoms with Gasteiger partial charge >= 0.3 is 0 Å². The van der Waals surface area contributed by atoms with Gasteiger partial charge in [0.2, 0.25) is 0 Å². The van der Waals surface area contributed by atoms with Crippen LogP contribution in [0.4, 0.5) is 5.69 Å². The van der Waals surface area contributed by atoms with Gasteiger partial charge in [-0.2, -0.15) is 5.26 Å². The predicted octanol–water partition coefficient (Wildman–Crippen LogP) is 2.92. The number of anilines is 1. The van der Waals surface area contributed by atoms with E-state index in [1.165, 1.54) is 5.69 Å². The van der Waals surface area contributed by atoms with Crippen molar-refractivity contribution < 1.29 is 5.11 Å². The fourth-order valence-electron chi connectivity index (χ4n) is 2.93. The molecule has 2 aromatic rings. The molecule has 0 aliphatic carbocycles. The average molecular weight is 266 g/mol. The van der Waals surface area contributed by atoms with Crippen molar-refractivity contribution in [3.8, 4) is 6.07 Å². The molecule has 0 aromatic heterocycles. The summed E-state index contributed by atoms with van der Waals surface area (Å²) in [7, 11) is 0. The zero-order valence-corrected chi connectivity index (χ0v) is 11.4. The zero-order chi connectivity index (χ0) is 13.9. The van der Waals surface area contributed by atoms with E-state index in [-0.39, 0.29) is 0 Å². The summed E-state index contributed by atoms with van der Waals surface area (Å²) in [6.45, 7) is 2.25. The Morgan fingerprint density at radius 2 is 2.00 bits per heavy atom. The lowest BCUT2D eigenvalue weighted by Gasteiger charge is -2.33. The normalized spacial score (nSPS) is 16.3. The van der Waals surface area contributed by atoms with Gasteiger partial charge in [0.15, 0.2) is 0 Å². The van der Waals surface area contributed by atoms with Gasteiger partial charge in [0, 0.05) is 30.8 Å². The Kier molecular flexibility index (Phi) is 3.58. The number of nitrogens with zero attached hydrogens (tertiary/aromatic N) is 2. The third-order valence-electron chi connectivity index (χ3n) is 4.22. The summed E-state index contributed by atoms with van der Waals surface area (Å²) in [4.78, 5) is 2.35. The summed E-state index contributed by atoms with van der Waals surface area (Å²) in [6.07, 6.45) is 2.07. The van der Waals surface area contributed by atoms with Crippen LogP contribution in [0.3, 0.4) is 0 Å². The number of hydrogen-bond acceptors (Lipinski definition) is 3. The van der Waals surface area contributed by atoms with E-state index in [4.69, 9.17) is 0 Å². The van der Waals surface area contributed by atoms with Crippen LogP contribution < -0.4 is 4.90 Å². The smallest absolute Gasteiger partial charge is 0.0998 e. The van der Waals surface area contributed by atoms with Crippen LogP contribution in [-0.2, 0) is 0 Å². The molecule has 2 aromatic carbocycles. The van der Waals surface area contributed by atoms with Gasteiger partial charge in [-0.15, -0.1) is 0 Å². The molecule has 0 saturated carbocycles. The van der Waals surface area contributed by atoms with E-state index in [1.807, 2.05) is 18.2 Å². The van der Waals surface area contributed by atoms with Crippen LogP contribution in [0.25, 0.3) is 10.8 Å². The van der Waals surface area contributed by atoms with Crippen LogP contribution in [0.15, 0.2) is 36.4 Å². The molecule has 0 radical (unpaired) electrons. The number of aliphatic hydroxyl groups is 1. The third-order valence-corrected chi connectivity index (χ3v) is 4.22. The molecular formula is C17H18N2O.